The summed E-state index contributed by atoms with van der Waals surface area (Å²) in [5, 5.41) is 30.6. The molecule has 0 aliphatic carbocycles. The van der Waals surface area contributed by atoms with Gasteiger partial charge in [-0.2, -0.15) is 10.5 Å². The van der Waals surface area contributed by atoms with Crippen LogP contribution in [0.4, 0.5) is 0 Å². The Labute approximate surface area is 197 Å². The van der Waals surface area contributed by atoms with Crippen LogP contribution in [-0.4, -0.2) is 31.4 Å². The van der Waals surface area contributed by atoms with E-state index in [1.54, 1.807) is 12.1 Å². The number of nitrogens with zero attached hydrogens (tertiary/aromatic N) is 2. The maximum Gasteiger partial charge on any atom is 1.00 e. The molecule has 0 saturated heterocycles. The van der Waals surface area contributed by atoms with E-state index in [1.165, 1.54) is 0 Å². The summed E-state index contributed by atoms with van der Waals surface area (Å²) in [6, 6.07) is 3.42. The molecule has 0 aromatic heterocycles. The molecular formula is C10H18Cl2N6Na2O4. The van der Waals surface area contributed by atoms with Gasteiger partial charge >= 0.3 is 59.1 Å². The Morgan fingerprint density at radius 1 is 1.04 bits per heavy atom. The van der Waals surface area contributed by atoms with Crippen molar-refractivity contribution in [2.24, 2.45) is 5.73 Å². The molecular weight excluding hydrogens is 385 g/mol. The first-order chi connectivity index (χ1) is 8.69. The Hall–Kier alpha value is -0.500. The number of carbonyl (C=O) groups excluding carboxylic acids is 2. The summed E-state index contributed by atoms with van der Waals surface area (Å²) in [4.78, 5) is 19.2. The smallest absolute Gasteiger partial charge is 1.00 e. The van der Waals surface area contributed by atoms with E-state index < -0.39 is 0 Å². The van der Waals surface area contributed by atoms with Crippen molar-refractivity contribution in [3.63, 3.8) is 0 Å². The van der Waals surface area contributed by atoms with Crippen LogP contribution < -0.4 is 99.1 Å². The van der Waals surface area contributed by atoms with Crippen LogP contribution in [0.3, 0.4) is 0 Å². The van der Waals surface area contributed by atoms with Crippen molar-refractivity contribution in [2.45, 2.75) is 0 Å². The van der Waals surface area contributed by atoms with Gasteiger partial charge in [0.15, 0.2) is 0 Å². The van der Waals surface area contributed by atoms with Gasteiger partial charge in [-0.05, 0) is 0 Å². The normalized spacial score (nSPS) is 7.42. The summed E-state index contributed by atoms with van der Waals surface area (Å²) in [6.45, 7) is 0.222. The second-order valence-electron chi connectivity index (χ2n) is 2.56. The monoisotopic (exact) mass is 402 g/mol. The van der Waals surface area contributed by atoms with Gasteiger partial charge in [0.2, 0.25) is 12.8 Å². The minimum absolute atomic E-state index is 0. The molecule has 0 fully saturated rings. The van der Waals surface area contributed by atoms with Gasteiger partial charge in [0.1, 0.15) is 0 Å². The third-order valence-electron chi connectivity index (χ3n) is 1.38. The van der Waals surface area contributed by atoms with Crippen molar-refractivity contribution >= 4 is 25.2 Å². The number of amides is 2. The molecule has 2 amide bonds. The fourth-order valence-electron chi connectivity index (χ4n) is 0.547. The number of rotatable bonds is 6. The first-order valence-corrected chi connectivity index (χ1v) is 4.56. The van der Waals surface area contributed by atoms with Gasteiger partial charge in [-0.15, -0.1) is 18.7 Å². The molecule has 0 aliphatic rings. The van der Waals surface area contributed by atoms with Gasteiger partial charge in [0.25, 0.3) is 0 Å². The quantitative estimate of drug-likeness (QED) is 0.145. The molecule has 0 bridgehead atoms. The largest absolute Gasteiger partial charge is 1.00 e. The van der Waals surface area contributed by atoms with Crippen LogP contribution in [-0.2, 0) is 9.59 Å². The molecule has 0 unspecified atom stereocenters. The standard InChI is InChI=1S/C5H7N3O.C5H6N2O2.2ClH.H3N.2Na.H2O/c6-1-5(2-7)3-8-4-9;6-1-5(3-8)2-7-4-9;;;;;;/h1,4H,3,6H2,(H,8,9);3-4,8H,2H2,(H,7,9);2*1H;1H3;;;1H2/q;;;;;2*+1;/p-2/b5-1+;5-3+;;;;;;. The van der Waals surface area contributed by atoms with Crippen LogP contribution in [0.1, 0.15) is 0 Å². The summed E-state index contributed by atoms with van der Waals surface area (Å²) in [5.74, 6) is 0. The molecule has 9 N–H and O–H groups in total. The summed E-state index contributed by atoms with van der Waals surface area (Å²) in [7, 11) is 0. The third-order valence-corrected chi connectivity index (χ3v) is 1.38. The maximum atomic E-state index is 9.83. The number of nitriles is 2. The van der Waals surface area contributed by atoms with Crippen molar-refractivity contribution in [1.29, 1.82) is 10.5 Å². The third kappa shape index (κ3) is 37.6. The Morgan fingerprint density at radius 3 is 1.58 bits per heavy atom. The van der Waals surface area contributed by atoms with Crippen LogP contribution in [0, 0.1) is 22.7 Å². The number of nitrogens with one attached hydrogen (secondary N) is 2. The predicted octanol–water partition coefficient (Wildman–Crippen LogP) is -11.6. The molecule has 0 atom stereocenters. The van der Waals surface area contributed by atoms with E-state index in [0.717, 1.165) is 6.20 Å². The molecule has 0 rings (SSSR count). The maximum absolute atomic E-state index is 9.83. The van der Waals surface area contributed by atoms with Crippen LogP contribution in [0.5, 0.6) is 0 Å². The van der Waals surface area contributed by atoms with Crippen LogP contribution in [0.25, 0.3) is 0 Å². The van der Waals surface area contributed by atoms with E-state index in [-0.39, 0.29) is 114 Å². The molecule has 10 nitrogen and oxygen atoms in total. The molecule has 14 heteroatoms. The Morgan fingerprint density at radius 2 is 1.38 bits per heavy atom. The number of nitrogens with two attached hydrogens (primary N) is 1. The van der Waals surface area contributed by atoms with E-state index >= 15 is 0 Å². The van der Waals surface area contributed by atoms with Gasteiger partial charge in [0, 0.05) is 11.8 Å². The Balaban J connectivity index is -0.0000000284. The van der Waals surface area contributed by atoms with Crippen molar-refractivity contribution in [3.05, 3.63) is 23.6 Å². The minimum Gasteiger partial charge on any atom is -1.00 e. The van der Waals surface area contributed by atoms with Gasteiger partial charge in [-0.1, -0.05) is 0 Å². The van der Waals surface area contributed by atoms with E-state index in [4.69, 9.17) is 16.3 Å². The SMILES string of the molecule is Cl.N.N#C/C(=C\N)CNC=O.N#C/C(=C\[O-])CNC=O.O.[Cl-].[Na+].[Na+]. The van der Waals surface area contributed by atoms with Gasteiger partial charge < -0.3 is 45.5 Å². The van der Waals surface area contributed by atoms with Crippen LogP contribution in [0.15, 0.2) is 23.6 Å². The van der Waals surface area contributed by atoms with Gasteiger partial charge in [-0.3, -0.25) is 9.59 Å². The number of hydrogen-bond acceptors (Lipinski definition) is 7. The summed E-state index contributed by atoms with van der Waals surface area (Å²) >= 11 is 0. The first-order valence-electron chi connectivity index (χ1n) is 4.56. The van der Waals surface area contributed by atoms with E-state index in [0.29, 0.717) is 24.7 Å². The second-order valence-corrected chi connectivity index (χ2v) is 2.56. The van der Waals surface area contributed by atoms with Crippen molar-refractivity contribution in [1.82, 2.24) is 16.8 Å². The molecule has 0 radical (unpaired) electrons. The summed E-state index contributed by atoms with van der Waals surface area (Å²) in [5.41, 5.74) is 5.35. The first kappa shape index (κ1) is 49.5. The van der Waals surface area contributed by atoms with Crippen molar-refractivity contribution < 1.29 is 91.7 Å². The number of carbonyl (C=O) groups is 2. The minimum atomic E-state index is 0. The van der Waals surface area contributed by atoms with Gasteiger partial charge in [0.05, 0.1) is 30.8 Å². The molecule has 128 valence electrons. The topological polar surface area (TPSA) is 221 Å². The predicted molar refractivity (Wildman–Crippen MR) is 75.6 cm³/mol. The summed E-state index contributed by atoms with van der Waals surface area (Å²) < 4.78 is 0. The van der Waals surface area contributed by atoms with E-state index in [2.05, 4.69) is 10.6 Å². The van der Waals surface area contributed by atoms with Crippen molar-refractivity contribution in [3.8, 4) is 12.1 Å². The fraction of sp³-hybridized carbons (Fsp3) is 0.200. The number of halogens is 2. The zero-order valence-electron chi connectivity index (χ0n) is 13.4. The average Bonchev–Trinajstić information content (AvgIpc) is 2.42. The van der Waals surface area contributed by atoms with Crippen LogP contribution in [0.2, 0.25) is 0 Å². The second kappa shape index (κ2) is 43.3. The average molecular weight is 403 g/mol. The molecule has 0 aromatic rings. The molecule has 0 spiro atoms. The molecule has 0 saturated carbocycles. The van der Waals surface area contributed by atoms with Gasteiger partial charge in [-0.25, -0.2) is 0 Å². The number of hydrogen-bond donors (Lipinski definition) is 4. The summed E-state index contributed by atoms with van der Waals surface area (Å²) in [6.07, 6.45) is 2.52. The van der Waals surface area contributed by atoms with Crippen LogP contribution >= 0.6 is 12.4 Å². The molecule has 0 aromatic carbocycles. The van der Waals surface area contributed by atoms with Crippen molar-refractivity contribution in [2.75, 3.05) is 13.1 Å². The zero-order valence-corrected chi connectivity index (χ0v) is 19.0. The van der Waals surface area contributed by atoms with E-state index in [9.17, 15) is 14.7 Å². The zero-order chi connectivity index (χ0) is 14.2. The molecule has 0 heterocycles. The fourth-order valence-corrected chi connectivity index (χ4v) is 0.547. The molecule has 24 heavy (non-hydrogen) atoms. The Kier molecular flexibility index (Phi) is 89.3. The molecule has 0 aliphatic heterocycles. The Bertz CT molecular complexity index is 375. The van der Waals surface area contributed by atoms with E-state index in [1.807, 2.05) is 0 Å².